The van der Waals surface area contributed by atoms with E-state index in [1.807, 2.05) is 0 Å². The molecule has 0 bridgehead atoms. The number of hydrogen-bond acceptors (Lipinski definition) is 6. The van der Waals surface area contributed by atoms with E-state index >= 15 is 0 Å². The number of nitrogens with two attached hydrogens (primary N) is 1. The average Bonchev–Trinajstić information content (AvgIpc) is 2.74. The van der Waals surface area contributed by atoms with E-state index < -0.39 is 0 Å². The first-order valence-electron chi connectivity index (χ1n) is 4.55. The number of anilines is 1. The van der Waals surface area contributed by atoms with Gasteiger partial charge in [0, 0.05) is 6.20 Å². The second-order valence-electron chi connectivity index (χ2n) is 3.01. The van der Waals surface area contributed by atoms with Crippen LogP contribution < -0.4 is 15.2 Å². The van der Waals surface area contributed by atoms with Gasteiger partial charge in [-0.05, 0) is 6.07 Å². The van der Waals surface area contributed by atoms with Crippen LogP contribution in [0.1, 0.15) is 0 Å². The maximum absolute atomic E-state index is 5.72. The summed E-state index contributed by atoms with van der Waals surface area (Å²) < 4.78 is 15.4. The third-order valence-electron chi connectivity index (χ3n) is 2.12. The van der Waals surface area contributed by atoms with Gasteiger partial charge in [0.25, 0.3) is 0 Å². The first-order valence-corrected chi connectivity index (χ1v) is 4.55. The minimum absolute atomic E-state index is 0.378. The molecule has 0 radical (unpaired) electrons. The van der Waals surface area contributed by atoms with Gasteiger partial charge in [0.1, 0.15) is 17.0 Å². The van der Waals surface area contributed by atoms with Gasteiger partial charge in [-0.25, -0.2) is 4.98 Å². The molecular weight excluding hydrogens is 210 g/mol. The normalized spacial score (nSPS) is 10.1. The predicted molar refractivity (Wildman–Crippen MR) is 57.3 cm³/mol. The molecule has 6 heteroatoms. The quantitative estimate of drug-likeness (QED) is 0.841. The molecule has 16 heavy (non-hydrogen) atoms. The van der Waals surface area contributed by atoms with E-state index in [4.69, 9.17) is 19.7 Å². The number of ether oxygens (including phenoxy) is 2. The van der Waals surface area contributed by atoms with Gasteiger partial charge in [0.2, 0.25) is 5.88 Å². The van der Waals surface area contributed by atoms with Crippen LogP contribution in [-0.4, -0.2) is 24.4 Å². The zero-order valence-electron chi connectivity index (χ0n) is 8.93. The summed E-state index contributed by atoms with van der Waals surface area (Å²) in [5.41, 5.74) is 6.69. The summed E-state index contributed by atoms with van der Waals surface area (Å²) >= 11 is 0. The second kappa shape index (κ2) is 4.09. The Balaban J connectivity index is 2.66. The van der Waals surface area contributed by atoms with Crippen molar-refractivity contribution in [2.45, 2.75) is 0 Å². The number of rotatable bonds is 3. The highest BCUT2D eigenvalue weighted by molar-refractivity contribution is 5.78. The highest BCUT2D eigenvalue weighted by atomic mass is 16.5. The summed E-state index contributed by atoms with van der Waals surface area (Å²) in [6.45, 7) is 0. The summed E-state index contributed by atoms with van der Waals surface area (Å²) in [5, 5.41) is 3.61. The molecule has 0 aliphatic carbocycles. The first kappa shape index (κ1) is 10.3. The lowest BCUT2D eigenvalue weighted by Gasteiger charge is -2.09. The monoisotopic (exact) mass is 221 g/mol. The van der Waals surface area contributed by atoms with Crippen molar-refractivity contribution in [1.29, 1.82) is 0 Å². The molecule has 0 aliphatic heterocycles. The van der Waals surface area contributed by atoms with Gasteiger partial charge in [0.05, 0.1) is 20.4 Å². The minimum atomic E-state index is 0.378. The Labute approximate surface area is 92.0 Å². The number of hydrogen-bond donors (Lipinski definition) is 1. The Morgan fingerprint density at radius 2 is 2.12 bits per heavy atom. The predicted octanol–water partition coefficient (Wildman–Crippen LogP) is 1.34. The van der Waals surface area contributed by atoms with Crippen LogP contribution in [-0.2, 0) is 0 Å². The lowest BCUT2D eigenvalue weighted by molar-refractivity contribution is 0.376. The van der Waals surface area contributed by atoms with Crippen LogP contribution in [0.25, 0.3) is 11.3 Å². The Hall–Kier alpha value is -2.24. The fraction of sp³-hybridized carbons (Fsp3) is 0.200. The summed E-state index contributed by atoms with van der Waals surface area (Å²) in [4.78, 5) is 4.06. The van der Waals surface area contributed by atoms with E-state index in [9.17, 15) is 0 Å². The molecule has 2 N–H and O–H groups in total. The number of nitrogens with zero attached hydrogens (tertiary/aromatic N) is 2. The zero-order valence-corrected chi connectivity index (χ0v) is 8.93. The van der Waals surface area contributed by atoms with Crippen molar-refractivity contribution >= 4 is 5.69 Å². The van der Waals surface area contributed by atoms with Crippen molar-refractivity contribution in [3.63, 3.8) is 0 Å². The smallest absolute Gasteiger partial charge is 0.228 e. The lowest BCUT2D eigenvalue weighted by atomic mass is 10.2. The summed E-state index contributed by atoms with van der Waals surface area (Å²) in [6.07, 6.45) is 2.99. The molecule has 0 saturated carbocycles. The van der Waals surface area contributed by atoms with Gasteiger partial charge in [-0.15, -0.1) is 0 Å². The van der Waals surface area contributed by atoms with E-state index in [2.05, 4.69) is 10.1 Å². The Kier molecular flexibility index (Phi) is 2.63. The molecule has 0 saturated heterocycles. The Bertz CT molecular complexity index is 474. The molecule has 0 amide bonds. The zero-order chi connectivity index (χ0) is 11.5. The van der Waals surface area contributed by atoms with E-state index in [0.717, 1.165) is 0 Å². The van der Waals surface area contributed by atoms with Crippen LogP contribution in [0.5, 0.6) is 11.6 Å². The third kappa shape index (κ3) is 1.54. The Morgan fingerprint density at radius 3 is 2.69 bits per heavy atom. The van der Waals surface area contributed by atoms with E-state index in [-0.39, 0.29) is 0 Å². The van der Waals surface area contributed by atoms with Gasteiger partial charge in [-0.3, -0.25) is 0 Å². The summed E-state index contributed by atoms with van der Waals surface area (Å²) in [5.74, 6) is 1.33. The lowest BCUT2D eigenvalue weighted by Crippen LogP contribution is -1.96. The summed E-state index contributed by atoms with van der Waals surface area (Å²) in [6, 6.07) is 1.69. The van der Waals surface area contributed by atoms with Crippen molar-refractivity contribution in [1.82, 2.24) is 10.1 Å². The van der Waals surface area contributed by atoms with Crippen molar-refractivity contribution in [3.05, 3.63) is 18.5 Å². The van der Waals surface area contributed by atoms with Crippen LogP contribution in [0.2, 0.25) is 0 Å². The van der Waals surface area contributed by atoms with Crippen LogP contribution in [0.15, 0.2) is 23.0 Å². The molecule has 2 aromatic rings. The first-order chi connectivity index (χ1) is 7.77. The Morgan fingerprint density at radius 1 is 1.31 bits per heavy atom. The standard InChI is InChI=1S/C10H11N3O3/c1-14-7-3-4-12-10(15-2)8(7)9-6(11)5-13-16-9/h3-5H,11H2,1-2H3. The average molecular weight is 221 g/mol. The van der Waals surface area contributed by atoms with Gasteiger partial charge < -0.3 is 19.7 Å². The van der Waals surface area contributed by atoms with Gasteiger partial charge >= 0.3 is 0 Å². The van der Waals surface area contributed by atoms with Crippen molar-refractivity contribution in [2.24, 2.45) is 0 Å². The molecule has 0 fully saturated rings. The minimum Gasteiger partial charge on any atom is -0.496 e. The maximum Gasteiger partial charge on any atom is 0.228 e. The molecule has 0 aromatic carbocycles. The van der Waals surface area contributed by atoms with Crippen LogP contribution in [0.4, 0.5) is 5.69 Å². The molecule has 2 rings (SSSR count). The number of nitrogen functional groups attached to an aromatic ring is 1. The van der Waals surface area contributed by atoms with Crippen LogP contribution in [0, 0.1) is 0 Å². The van der Waals surface area contributed by atoms with E-state index in [1.54, 1.807) is 19.4 Å². The van der Waals surface area contributed by atoms with E-state index in [1.165, 1.54) is 13.3 Å². The third-order valence-corrected chi connectivity index (χ3v) is 2.12. The van der Waals surface area contributed by atoms with Gasteiger partial charge in [-0.1, -0.05) is 5.16 Å². The largest absolute Gasteiger partial charge is 0.496 e. The SMILES string of the molecule is COc1ccnc(OC)c1-c1oncc1N. The van der Waals surface area contributed by atoms with Crippen molar-refractivity contribution in [2.75, 3.05) is 20.0 Å². The topological polar surface area (TPSA) is 83.4 Å². The summed E-state index contributed by atoms with van der Waals surface area (Å²) in [7, 11) is 3.06. The number of pyridine rings is 1. The maximum atomic E-state index is 5.72. The molecule has 0 spiro atoms. The van der Waals surface area contributed by atoms with Crippen LogP contribution in [0.3, 0.4) is 0 Å². The van der Waals surface area contributed by atoms with Crippen molar-refractivity contribution in [3.8, 4) is 23.0 Å². The highest BCUT2D eigenvalue weighted by Gasteiger charge is 2.19. The molecule has 0 aliphatic rings. The molecular formula is C10H11N3O3. The number of methoxy groups -OCH3 is 2. The fourth-order valence-electron chi connectivity index (χ4n) is 1.40. The molecule has 84 valence electrons. The molecule has 0 unspecified atom stereocenters. The molecule has 6 nitrogen and oxygen atoms in total. The van der Waals surface area contributed by atoms with Gasteiger partial charge in [0.15, 0.2) is 5.76 Å². The molecule has 2 aromatic heterocycles. The second-order valence-corrected chi connectivity index (χ2v) is 3.01. The van der Waals surface area contributed by atoms with E-state index in [0.29, 0.717) is 28.6 Å². The fourth-order valence-corrected chi connectivity index (χ4v) is 1.40. The molecule has 0 atom stereocenters. The van der Waals surface area contributed by atoms with Crippen LogP contribution >= 0.6 is 0 Å². The van der Waals surface area contributed by atoms with Gasteiger partial charge in [-0.2, -0.15) is 0 Å². The molecule has 2 heterocycles. The highest BCUT2D eigenvalue weighted by Crippen LogP contribution is 2.39. The van der Waals surface area contributed by atoms with Crippen molar-refractivity contribution < 1.29 is 14.0 Å². The number of aromatic nitrogens is 2.